The van der Waals surface area contributed by atoms with E-state index in [1.165, 1.54) is 11.0 Å². The first-order chi connectivity index (χ1) is 16.0. The van der Waals surface area contributed by atoms with Crippen LogP contribution in [0.3, 0.4) is 0 Å². The molecule has 2 aromatic carbocycles. The summed E-state index contributed by atoms with van der Waals surface area (Å²) >= 11 is 0. The van der Waals surface area contributed by atoms with Crippen molar-refractivity contribution in [2.45, 2.75) is 25.8 Å². The number of hydrogen-bond acceptors (Lipinski definition) is 5. The zero-order chi connectivity index (χ0) is 22.9. The smallest absolute Gasteiger partial charge is 0.316 e. The second-order valence-corrected chi connectivity index (χ2v) is 8.75. The molecule has 0 aromatic heterocycles. The molecule has 0 N–H and O–H groups in total. The van der Waals surface area contributed by atoms with E-state index in [2.05, 4.69) is 0 Å². The Labute approximate surface area is 191 Å². The number of nitrogens with zero attached hydrogens (tertiary/aromatic N) is 2. The average molecular weight is 444 g/mol. The van der Waals surface area contributed by atoms with Gasteiger partial charge in [-0.25, -0.2) is 4.90 Å². The Morgan fingerprint density at radius 3 is 2.30 bits per heavy atom. The molecule has 0 spiro atoms. The highest BCUT2D eigenvalue weighted by atomic mass is 16.5. The zero-order valence-corrected chi connectivity index (χ0v) is 18.1. The van der Waals surface area contributed by atoms with E-state index in [1.54, 1.807) is 23.1 Å². The lowest BCUT2D eigenvalue weighted by Gasteiger charge is -2.17. The lowest BCUT2D eigenvalue weighted by atomic mass is 9.85. The van der Waals surface area contributed by atoms with Crippen LogP contribution in [0.15, 0.2) is 66.7 Å². The fourth-order valence-electron chi connectivity index (χ4n) is 4.83. The summed E-state index contributed by atoms with van der Waals surface area (Å²) in [5.74, 6) is -1.96. The minimum absolute atomic E-state index is 0.0842. The molecule has 7 heteroatoms. The Balaban J connectivity index is 1.26. The molecule has 2 fully saturated rings. The quantitative estimate of drug-likeness (QED) is 0.306. The highest BCUT2D eigenvalue weighted by Crippen LogP contribution is 2.38. The second-order valence-electron chi connectivity index (χ2n) is 8.75. The van der Waals surface area contributed by atoms with Crippen molar-refractivity contribution in [1.82, 2.24) is 4.90 Å². The molecule has 3 atom stereocenters. The molecule has 1 aliphatic carbocycles. The number of carbonyl (C=O) groups is 4. The van der Waals surface area contributed by atoms with Crippen LogP contribution in [0.25, 0.3) is 0 Å². The molecule has 2 aromatic rings. The summed E-state index contributed by atoms with van der Waals surface area (Å²) in [6.45, 7) is 0.751. The third-order valence-electron chi connectivity index (χ3n) is 6.57. The van der Waals surface area contributed by atoms with Gasteiger partial charge in [0.1, 0.15) is 5.75 Å². The molecule has 3 amide bonds. The van der Waals surface area contributed by atoms with Crippen LogP contribution in [-0.4, -0.2) is 35.1 Å². The van der Waals surface area contributed by atoms with Gasteiger partial charge in [-0.3, -0.25) is 19.2 Å². The first-order valence-electron chi connectivity index (χ1n) is 11.2. The topological polar surface area (TPSA) is 84.0 Å². The van der Waals surface area contributed by atoms with Gasteiger partial charge in [-0.1, -0.05) is 48.6 Å². The first kappa shape index (κ1) is 21.1. The van der Waals surface area contributed by atoms with Crippen LogP contribution in [0, 0.1) is 17.8 Å². The number of allylic oxidation sites excluding steroid dienone is 2. The summed E-state index contributed by atoms with van der Waals surface area (Å²) in [6.07, 6.45) is 5.12. The molecule has 0 bridgehead atoms. The molecule has 7 nitrogen and oxygen atoms in total. The molecule has 0 radical (unpaired) electrons. The van der Waals surface area contributed by atoms with Gasteiger partial charge in [-0.2, -0.15) is 0 Å². The minimum Gasteiger partial charge on any atom is -0.426 e. The summed E-state index contributed by atoms with van der Waals surface area (Å²) in [6, 6.07) is 16.1. The van der Waals surface area contributed by atoms with Gasteiger partial charge in [-0.15, -0.1) is 0 Å². The van der Waals surface area contributed by atoms with Crippen molar-refractivity contribution in [3.8, 4) is 5.75 Å². The van der Waals surface area contributed by atoms with Crippen molar-refractivity contribution in [3.63, 3.8) is 0 Å². The van der Waals surface area contributed by atoms with Crippen molar-refractivity contribution < 1.29 is 23.9 Å². The maximum absolute atomic E-state index is 12.8. The second kappa shape index (κ2) is 8.65. The number of rotatable bonds is 5. The Hall–Kier alpha value is -3.74. The van der Waals surface area contributed by atoms with Gasteiger partial charge in [0.15, 0.2) is 0 Å². The molecule has 5 rings (SSSR count). The van der Waals surface area contributed by atoms with E-state index in [0.29, 0.717) is 31.6 Å². The summed E-state index contributed by atoms with van der Waals surface area (Å²) in [4.78, 5) is 53.7. The maximum atomic E-state index is 12.8. The molecule has 2 heterocycles. The predicted molar refractivity (Wildman–Crippen MR) is 120 cm³/mol. The molecular weight excluding hydrogens is 420 g/mol. The van der Waals surface area contributed by atoms with Crippen molar-refractivity contribution >= 4 is 29.4 Å². The van der Waals surface area contributed by atoms with E-state index >= 15 is 0 Å². The lowest BCUT2D eigenvalue weighted by molar-refractivity contribution is -0.139. The van der Waals surface area contributed by atoms with Crippen molar-refractivity contribution in [2.75, 3.05) is 11.4 Å². The van der Waals surface area contributed by atoms with E-state index in [9.17, 15) is 19.2 Å². The normalized spacial score (nSPS) is 24.4. The van der Waals surface area contributed by atoms with Crippen LogP contribution in [0.2, 0.25) is 0 Å². The SMILES string of the molecule is O=C(Oc1cccc(N2C(=O)[C@H]3CC=CC[C@H]3C2=O)c1)[C@H]1CC(=O)N(Cc2ccccc2)C1. The van der Waals surface area contributed by atoms with Crippen LogP contribution in [-0.2, 0) is 25.7 Å². The summed E-state index contributed by atoms with van der Waals surface area (Å²) in [7, 11) is 0. The molecule has 0 unspecified atom stereocenters. The summed E-state index contributed by atoms with van der Waals surface area (Å²) in [5.41, 5.74) is 1.40. The lowest BCUT2D eigenvalue weighted by Crippen LogP contribution is -2.31. The molecule has 168 valence electrons. The Morgan fingerprint density at radius 2 is 1.61 bits per heavy atom. The molecule has 2 saturated heterocycles. The van der Waals surface area contributed by atoms with Crippen molar-refractivity contribution in [1.29, 1.82) is 0 Å². The van der Waals surface area contributed by atoms with Crippen molar-refractivity contribution in [2.24, 2.45) is 17.8 Å². The monoisotopic (exact) mass is 444 g/mol. The number of ether oxygens (including phenoxy) is 1. The van der Waals surface area contributed by atoms with Gasteiger partial charge >= 0.3 is 5.97 Å². The van der Waals surface area contributed by atoms with Crippen LogP contribution in [0.4, 0.5) is 5.69 Å². The van der Waals surface area contributed by atoms with Gasteiger partial charge in [0.05, 0.1) is 23.4 Å². The van der Waals surface area contributed by atoms with E-state index in [1.807, 2.05) is 42.5 Å². The Bertz CT molecular complexity index is 1120. The summed E-state index contributed by atoms with van der Waals surface area (Å²) in [5, 5.41) is 0. The fraction of sp³-hybridized carbons (Fsp3) is 0.308. The molecule has 33 heavy (non-hydrogen) atoms. The Morgan fingerprint density at radius 1 is 0.909 bits per heavy atom. The number of esters is 1. The van der Waals surface area contributed by atoms with E-state index < -0.39 is 11.9 Å². The third kappa shape index (κ3) is 4.06. The number of amides is 3. The molecule has 3 aliphatic rings. The largest absolute Gasteiger partial charge is 0.426 e. The molecule has 2 aliphatic heterocycles. The van der Waals surface area contributed by atoms with Gasteiger partial charge < -0.3 is 9.64 Å². The highest BCUT2D eigenvalue weighted by molar-refractivity contribution is 6.22. The minimum atomic E-state index is -0.561. The third-order valence-corrected chi connectivity index (χ3v) is 6.57. The molecular formula is C26H24N2O5. The van der Waals surface area contributed by atoms with E-state index in [-0.39, 0.29) is 41.7 Å². The van der Waals surface area contributed by atoms with Crippen LogP contribution in [0.5, 0.6) is 5.75 Å². The van der Waals surface area contributed by atoms with Crippen LogP contribution >= 0.6 is 0 Å². The van der Waals surface area contributed by atoms with Crippen LogP contribution in [0.1, 0.15) is 24.8 Å². The standard InChI is InChI=1S/C26H24N2O5/c29-23-13-18(16-27(23)15-17-7-2-1-3-8-17)26(32)33-20-10-6-9-19(14-20)28-24(30)21-11-4-5-12-22(21)25(28)31/h1-10,14,18,21-22H,11-13,15-16H2/t18-,21-,22+/m0/s1. The Kier molecular flexibility index (Phi) is 5.54. The fourth-order valence-corrected chi connectivity index (χ4v) is 4.83. The van der Waals surface area contributed by atoms with Gasteiger partial charge in [0.2, 0.25) is 17.7 Å². The van der Waals surface area contributed by atoms with Crippen molar-refractivity contribution in [3.05, 3.63) is 72.3 Å². The summed E-state index contributed by atoms with van der Waals surface area (Å²) < 4.78 is 5.56. The number of anilines is 1. The predicted octanol–water partition coefficient (Wildman–Crippen LogP) is 3.10. The van der Waals surface area contributed by atoms with Gasteiger partial charge in [-0.05, 0) is 30.5 Å². The number of hydrogen-bond donors (Lipinski definition) is 0. The van der Waals surface area contributed by atoms with Gasteiger partial charge in [0, 0.05) is 25.6 Å². The van der Waals surface area contributed by atoms with E-state index in [0.717, 1.165) is 5.56 Å². The number of likely N-dealkylation sites (tertiary alicyclic amines) is 1. The maximum Gasteiger partial charge on any atom is 0.316 e. The van der Waals surface area contributed by atoms with E-state index in [4.69, 9.17) is 4.74 Å². The first-order valence-corrected chi connectivity index (χ1v) is 11.2. The number of carbonyl (C=O) groups excluding carboxylic acids is 4. The number of imide groups is 1. The zero-order valence-electron chi connectivity index (χ0n) is 18.1. The highest BCUT2D eigenvalue weighted by Gasteiger charge is 2.48. The number of benzene rings is 2. The van der Waals surface area contributed by atoms with Crippen LogP contribution < -0.4 is 9.64 Å². The average Bonchev–Trinajstić information content (AvgIpc) is 3.32. The molecule has 0 saturated carbocycles. The number of fused-ring (bicyclic) bond motifs is 1. The van der Waals surface area contributed by atoms with Gasteiger partial charge in [0.25, 0.3) is 0 Å².